The van der Waals surface area contributed by atoms with E-state index >= 15 is 0 Å². The highest BCUT2D eigenvalue weighted by Crippen LogP contribution is 2.25. The summed E-state index contributed by atoms with van der Waals surface area (Å²) in [4.78, 5) is 24.6. The summed E-state index contributed by atoms with van der Waals surface area (Å²) in [6, 6.07) is 16.3. The predicted octanol–water partition coefficient (Wildman–Crippen LogP) is 3.52. The van der Waals surface area contributed by atoms with E-state index in [0.29, 0.717) is 10.7 Å². The van der Waals surface area contributed by atoms with E-state index in [2.05, 4.69) is 27.8 Å². The molecule has 0 aliphatic carbocycles. The normalized spacial score (nSPS) is 11.6. The van der Waals surface area contributed by atoms with Crippen LogP contribution in [0.25, 0.3) is 10.6 Å². The van der Waals surface area contributed by atoms with E-state index < -0.39 is 6.04 Å². The first-order valence-electron chi connectivity index (χ1n) is 8.66. The van der Waals surface area contributed by atoms with Gasteiger partial charge in [-0.3, -0.25) is 14.9 Å². The molecule has 7 heteroatoms. The number of hydrogen-bond acceptors (Lipinski definition) is 5. The zero-order chi connectivity index (χ0) is 19.2. The molecule has 6 nitrogen and oxygen atoms in total. The summed E-state index contributed by atoms with van der Waals surface area (Å²) in [7, 11) is 0. The maximum atomic E-state index is 12.3. The number of benzene rings is 2. The van der Waals surface area contributed by atoms with Crippen LogP contribution in [0.15, 0.2) is 54.6 Å². The van der Waals surface area contributed by atoms with E-state index in [1.807, 2.05) is 42.5 Å². The lowest BCUT2D eigenvalue weighted by atomic mass is 10.1. The largest absolute Gasteiger partial charge is 0.341 e. The molecule has 3 aromatic rings. The Balaban J connectivity index is 1.59. The Morgan fingerprint density at radius 1 is 1.04 bits per heavy atom. The van der Waals surface area contributed by atoms with Gasteiger partial charge in [0.15, 0.2) is 0 Å². The number of nitrogens with one attached hydrogen (secondary N) is 2. The quantitative estimate of drug-likeness (QED) is 0.685. The summed E-state index contributed by atoms with van der Waals surface area (Å²) < 4.78 is 0. The Morgan fingerprint density at radius 2 is 1.74 bits per heavy atom. The van der Waals surface area contributed by atoms with Crippen molar-refractivity contribution in [3.8, 4) is 10.6 Å². The van der Waals surface area contributed by atoms with Crippen molar-refractivity contribution in [2.45, 2.75) is 26.3 Å². The minimum absolute atomic E-state index is 0.289. The Kier molecular flexibility index (Phi) is 5.93. The Bertz CT molecular complexity index is 923. The maximum absolute atomic E-state index is 12.3. The monoisotopic (exact) mass is 380 g/mol. The molecule has 0 unspecified atom stereocenters. The number of amides is 2. The number of carbonyl (C=O) groups excluding carboxylic acids is 2. The maximum Gasteiger partial charge on any atom is 0.251 e. The van der Waals surface area contributed by atoms with Crippen LogP contribution in [0.5, 0.6) is 0 Å². The van der Waals surface area contributed by atoms with Crippen LogP contribution in [0.2, 0.25) is 0 Å². The first kappa shape index (κ1) is 18.7. The number of aryl methyl sites for hydroxylation is 1. The van der Waals surface area contributed by atoms with Crippen LogP contribution in [-0.2, 0) is 11.2 Å². The molecule has 27 heavy (non-hydrogen) atoms. The van der Waals surface area contributed by atoms with E-state index in [0.717, 1.165) is 22.6 Å². The average molecular weight is 380 g/mol. The number of rotatable bonds is 6. The van der Waals surface area contributed by atoms with Gasteiger partial charge in [-0.15, -0.1) is 10.2 Å². The number of carbonyl (C=O) groups is 2. The second kappa shape index (κ2) is 8.55. The highest BCUT2D eigenvalue weighted by Gasteiger charge is 2.18. The summed E-state index contributed by atoms with van der Waals surface area (Å²) in [5.74, 6) is -0.633. The molecule has 0 fully saturated rings. The van der Waals surface area contributed by atoms with Gasteiger partial charge in [0.2, 0.25) is 11.0 Å². The summed E-state index contributed by atoms with van der Waals surface area (Å²) >= 11 is 1.28. The van der Waals surface area contributed by atoms with E-state index in [-0.39, 0.29) is 11.8 Å². The van der Waals surface area contributed by atoms with Gasteiger partial charge in [0, 0.05) is 11.1 Å². The molecule has 0 aliphatic heterocycles. The predicted molar refractivity (Wildman–Crippen MR) is 107 cm³/mol. The molecule has 1 heterocycles. The third-order valence-electron chi connectivity index (χ3n) is 4.04. The fourth-order valence-electron chi connectivity index (χ4n) is 2.42. The van der Waals surface area contributed by atoms with E-state index in [1.165, 1.54) is 11.3 Å². The van der Waals surface area contributed by atoms with Crippen molar-refractivity contribution < 1.29 is 9.59 Å². The Labute approximate surface area is 161 Å². The summed E-state index contributed by atoms with van der Waals surface area (Å²) in [6.07, 6.45) is 0.910. The van der Waals surface area contributed by atoms with Gasteiger partial charge in [0.1, 0.15) is 11.0 Å². The van der Waals surface area contributed by atoms with Gasteiger partial charge < -0.3 is 5.32 Å². The highest BCUT2D eigenvalue weighted by atomic mass is 32.1. The number of anilines is 1. The van der Waals surface area contributed by atoms with Crippen LogP contribution in [0.1, 0.15) is 29.8 Å². The van der Waals surface area contributed by atoms with Crippen LogP contribution in [0, 0.1) is 0 Å². The molecule has 2 N–H and O–H groups in total. The average Bonchev–Trinajstić information content (AvgIpc) is 3.17. The SMILES string of the molecule is CCc1ccc(C(=O)N[C@H](C)C(=O)Nc2nnc(-c3ccccc3)s2)cc1. The van der Waals surface area contributed by atoms with Crippen LogP contribution in [0.3, 0.4) is 0 Å². The minimum Gasteiger partial charge on any atom is -0.341 e. The van der Waals surface area contributed by atoms with E-state index in [4.69, 9.17) is 0 Å². The molecule has 2 aromatic carbocycles. The summed E-state index contributed by atoms with van der Waals surface area (Å²) in [5.41, 5.74) is 2.62. The molecule has 0 radical (unpaired) electrons. The molecule has 0 saturated heterocycles. The van der Waals surface area contributed by atoms with E-state index in [1.54, 1.807) is 19.1 Å². The fourth-order valence-corrected chi connectivity index (χ4v) is 3.17. The smallest absolute Gasteiger partial charge is 0.251 e. The van der Waals surface area contributed by atoms with Gasteiger partial charge in [-0.1, -0.05) is 60.7 Å². The zero-order valence-electron chi connectivity index (χ0n) is 15.1. The topological polar surface area (TPSA) is 84.0 Å². The molecule has 0 bridgehead atoms. The lowest BCUT2D eigenvalue weighted by Crippen LogP contribution is -2.41. The molecule has 0 aliphatic rings. The molecule has 1 atom stereocenters. The van der Waals surface area contributed by atoms with Crippen molar-refractivity contribution in [3.63, 3.8) is 0 Å². The van der Waals surface area contributed by atoms with Crippen LogP contribution in [-0.4, -0.2) is 28.1 Å². The van der Waals surface area contributed by atoms with Gasteiger partial charge >= 0.3 is 0 Å². The second-order valence-corrected chi connectivity index (χ2v) is 6.99. The minimum atomic E-state index is -0.701. The molecule has 3 rings (SSSR count). The van der Waals surface area contributed by atoms with Crippen LogP contribution in [0.4, 0.5) is 5.13 Å². The van der Waals surface area contributed by atoms with Crippen molar-refractivity contribution in [1.29, 1.82) is 0 Å². The third kappa shape index (κ3) is 4.77. The van der Waals surface area contributed by atoms with Crippen molar-refractivity contribution in [3.05, 3.63) is 65.7 Å². The van der Waals surface area contributed by atoms with Gasteiger partial charge in [-0.05, 0) is 31.0 Å². The lowest BCUT2D eigenvalue weighted by Gasteiger charge is -2.13. The second-order valence-electron chi connectivity index (χ2n) is 6.01. The highest BCUT2D eigenvalue weighted by molar-refractivity contribution is 7.18. The third-order valence-corrected chi connectivity index (χ3v) is 4.93. The fraction of sp³-hybridized carbons (Fsp3) is 0.200. The van der Waals surface area contributed by atoms with Crippen molar-refractivity contribution >= 4 is 28.3 Å². The molecule has 1 aromatic heterocycles. The van der Waals surface area contributed by atoms with Crippen molar-refractivity contribution in [2.24, 2.45) is 0 Å². The van der Waals surface area contributed by atoms with Gasteiger partial charge in [0.05, 0.1) is 0 Å². The number of aromatic nitrogens is 2. The summed E-state index contributed by atoms with van der Waals surface area (Å²) in [5, 5.41) is 14.6. The molecule has 0 saturated carbocycles. The van der Waals surface area contributed by atoms with Gasteiger partial charge in [0.25, 0.3) is 5.91 Å². The first-order chi connectivity index (χ1) is 13.1. The van der Waals surface area contributed by atoms with Gasteiger partial charge in [-0.25, -0.2) is 0 Å². The molecule has 0 spiro atoms. The lowest BCUT2D eigenvalue weighted by molar-refractivity contribution is -0.117. The number of hydrogen-bond donors (Lipinski definition) is 2. The molecule has 2 amide bonds. The zero-order valence-corrected chi connectivity index (χ0v) is 15.9. The standard InChI is InChI=1S/C20H20N4O2S/c1-3-14-9-11-15(12-10-14)18(26)21-13(2)17(25)22-20-24-23-19(27-20)16-7-5-4-6-8-16/h4-13H,3H2,1-2H3,(H,21,26)(H,22,24,25)/t13-/m1/s1. The molecule has 138 valence electrons. The van der Waals surface area contributed by atoms with Crippen LogP contribution < -0.4 is 10.6 Å². The number of nitrogens with zero attached hydrogens (tertiary/aromatic N) is 2. The molecular weight excluding hydrogens is 360 g/mol. The van der Waals surface area contributed by atoms with Crippen molar-refractivity contribution in [2.75, 3.05) is 5.32 Å². The molecular formula is C20H20N4O2S. The summed E-state index contributed by atoms with van der Waals surface area (Å²) in [6.45, 7) is 3.69. The van der Waals surface area contributed by atoms with Crippen LogP contribution >= 0.6 is 11.3 Å². The Morgan fingerprint density at radius 3 is 2.41 bits per heavy atom. The van der Waals surface area contributed by atoms with Gasteiger partial charge in [-0.2, -0.15) is 0 Å². The van der Waals surface area contributed by atoms with E-state index in [9.17, 15) is 9.59 Å². The first-order valence-corrected chi connectivity index (χ1v) is 9.48. The van der Waals surface area contributed by atoms with Crippen molar-refractivity contribution in [1.82, 2.24) is 15.5 Å². The Hall–Kier alpha value is -3.06.